The lowest BCUT2D eigenvalue weighted by Crippen LogP contribution is -2.26. The molecule has 0 radical (unpaired) electrons. The van der Waals surface area contributed by atoms with E-state index in [2.05, 4.69) is 20.8 Å². The Morgan fingerprint density at radius 2 is 1.87 bits per heavy atom. The summed E-state index contributed by atoms with van der Waals surface area (Å²) in [6.07, 6.45) is -5.00. The van der Waals surface area contributed by atoms with Gasteiger partial charge in [-0.2, -0.15) is 17.9 Å². The highest BCUT2D eigenvalue weighted by Crippen LogP contribution is 2.37. The van der Waals surface area contributed by atoms with Gasteiger partial charge in [-0.25, -0.2) is 0 Å². The van der Waals surface area contributed by atoms with Crippen molar-refractivity contribution in [2.45, 2.75) is 12.3 Å². The largest absolute Gasteiger partial charge is 0.416 e. The molecule has 116 valence electrons. The fraction of sp³-hybridized carbons (Fsp3) is 0.133. The molecule has 0 aliphatic carbocycles. The van der Waals surface area contributed by atoms with Gasteiger partial charge in [0.15, 0.2) is 12.0 Å². The first-order valence-electron chi connectivity index (χ1n) is 6.85. The van der Waals surface area contributed by atoms with Crippen LogP contribution in [0.25, 0.3) is 11.4 Å². The van der Waals surface area contributed by atoms with Gasteiger partial charge in [-0.1, -0.05) is 24.3 Å². The van der Waals surface area contributed by atoms with Crippen molar-refractivity contribution >= 4 is 5.69 Å². The number of alkyl halides is 3. The van der Waals surface area contributed by atoms with Gasteiger partial charge in [0.25, 0.3) is 0 Å². The molecule has 0 saturated carbocycles. The van der Waals surface area contributed by atoms with E-state index in [1.54, 1.807) is 6.07 Å². The number of tetrazole rings is 1. The molecule has 1 aromatic heterocycles. The highest BCUT2D eigenvalue weighted by atomic mass is 19.4. The van der Waals surface area contributed by atoms with E-state index in [4.69, 9.17) is 0 Å². The van der Waals surface area contributed by atoms with Crippen molar-refractivity contribution in [2.75, 3.05) is 5.32 Å². The maximum Gasteiger partial charge on any atom is 0.416 e. The normalized spacial score (nSPS) is 16.4. The third kappa shape index (κ3) is 2.23. The summed E-state index contributed by atoms with van der Waals surface area (Å²) in [6.45, 7) is 0. The second-order valence-corrected chi connectivity index (χ2v) is 5.16. The number of benzene rings is 2. The van der Waals surface area contributed by atoms with Crippen LogP contribution < -0.4 is 5.32 Å². The van der Waals surface area contributed by atoms with Crippen molar-refractivity contribution in [3.8, 4) is 11.4 Å². The van der Waals surface area contributed by atoms with Gasteiger partial charge in [0.2, 0.25) is 0 Å². The number of para-hydroxylation sites is 1. The number of rotatable bonds is 1. The number of fused-ring (bicyclic) bond motifs is 3. The predicted octanol–water partition coefficient (Wildman–Crippen LogP) is 3.33. The minimum atomic E-state index is -4.40. The van der Waals surface area contributed by atoms with Gasteiger partial charge in [-0.15, -0.1) is 5.10 Å². The molecule has 4 rings (SSSR count). The van der Waals surface area contributed by atoms with Gasteiger partial charge in [0.05, 0.1) is 5.56 Å². The van der Waals surface area contributed by atoms with Crippen LogP contribution in [0.1, 0.15) is 17.3 Å². The van der Waals surface area contributed by atoms with Gasteiger partial charge in [0.1, 0.15) is 0 Å². The summed E-state index contributed by atoms with van der Waals surface area (Å²) in [7, 11) is 0. The summed E-state index contributed by atoms with van der Waals surface area (Å²) >= 11 is 0. The number of nitrogens with one attached hydrogen (secondary N) is 1. The van der Waals surface area contributed by atoms with Gasteiger partial charge >= 0.3 is 6.18 Å². The monoisotopic (exact) mass is 317 g/mol. The third-order valence-corrected chi connectivity index (χ3v) is 3.73. The smallest absolute Gasteiger partial charge is 0.359 e. The number of anilines is 1. The number of aromatic nitrogens is 4. The zero-order valence-corrected chi connectivity index (χ0v) is 11.6. The number of halogens is 3. The van der Waals surface area contributed by atoms with E-state index >= 15 is 0 Å². The number of hydrogen-bond acceptors (Lipinski definition) is 4. The Bertz CT molecular complexity index is 871. The summed E-state index contributed by atoms with van der Waals surface area (Å²) < 4.78 is 40.3. The molecule has 1 atom stereocenters. The molecule has 0 saturated heterocycles. The van der Waals surface area contributed by atoms with Crippen molar-refractivity contribution < 1.29 is 13.2 Å². The van der Waals surface area contributed by atoms with Crippen molar-refractivity contribution in [1.29, 1.82) is 0 Å². The lowest BCUT2D eigenvalue weighted by Gasteiger charge is -2.27. The highest BCUT2D eigenvalue weighted by Gasteiger charge is 2.33. The molecule has 0 bridgehead atoms. The average molecular weight is 317 g/mol. The van der Waals surface area contributed by atoms with Crippen molar-refractivity contribution in [3.05, 3.63) is 59.7 Å². The Labute approximate surface area is 128 Å². The first-order valence-corrected chi connectivity index (χ1v) is 6.85. The third-order valence-electron chi connectivity index (χ3n) is 3.73. The summed E-state index contributed by atoms with van der Waals surface area (Å²) in [5.41, 5.74) is 1.31. The fourth-order valence-electron chi connectivity index (χ4n) is 2.67. The summed E-state index contributed by atoms with van der Waals surface area (Å²) in [6, 6.07) is 12.5. The van der Waals surface area contributed by atoms with Crippen LogP contribution in [0.15, 0.2) is 48.5 Å². The van der Waals surface area contributed by atoms with Crippen molar-refractivity contribution in [1.82, 2.24) is 20.2 Å². The first-order chi connectivity index (χ1) is 11.0. The van der Waals surface area contributed by atoms with Gasteiger partial charge in [-0.3, -0.25) is 0 Å². The van der Waals surface area contributed by atoms with E-state index in [9.17, 15) is 13.2 Å². The second-order valence-electron chi connectivity index (χ2n) is 5.16. The first kappa shape index (κ1) is 13.7. The van der Waals surface area contributed by atoms with E-state index < -0.39 is 17.9 Å². The summed E-state index contributed by atoms with van der Waals surface area (Å²) in [4.78, 5) is 0. The molecule has 1 N–H and O–H groups in total. The van der Waals surface area contributed by atoms with Gasteiger partial charge < -0.3 is 5.32 Å². The lowest BCUT2D eigenvalue weighted by atomic mass is 10.0. The molecule has 8 heteroatoms. The molecule has 1 aliphatic rings. The molecule has 2 heterocycles. The molecule has 2 aromatic carbocycles. The zero-order valence-electron chi connectivity index (χ0n) is 11.6. The maximum absolute atomic E-state index is 12.9. The molecular formula is C15H10F3N5. The lowest BCUT2D eigenvalue weighted by molar-refractivity contribution is -0.137. The van der Waals surface area contributed by atoms with Crippen molar-refractivity contribution in [3.63, 3.8) is 0 Å². The molecular weight excluding hydrogens is 307 g/mol. The van der Waals surface area contributed by atoms with E-state index in [0.29, 0.717) is 11.4 Å². The minimum Gasteiger partial charge on any atom is -0.359 e. The molecule has 0 fully saturated rings. The number of nitrogens with zero attached hydrogens (tertiary/aromatic N) is 4. The Morgan fingerprint density at radius 3 is 2.70 bits per heavy atom. The van der Waals surface area contributed by atoms with Crippen LogP contribution in [0, 0.1) is 0 Å². The van der Waals surface area contributed by atoms with Crippen LogP contribution in [0.3, 0.4) is 0 Å². The zero-order chi connectivity index (χ0) is 16.0. The van der Waals surface area contributed by atoms with E-state index in [-0.39, 0.29) is 0 Å². The molecule has 0 spiro atoms. The average Bonchev–Trinajstić information content (AvgIpc) is 3.03. The second kappa shape index (κ2) is 4.80. The maximum atomic E-state index is 12.9. The molecule has 23 heavy (non-hydrogen) atoms. The van der Waals surface area contributed by atoms with Gasteiger partial charge in [0, 0.05) is 11.3 Å². The molecule has 1 unspecified atom stereocenters. The molecule has 3 aromatic rings. The fourth-order valence-corrected chi connectivity index (χ4v) is 2.67. The van der Waals surface area contributed by atoms with Crippen LogP contribution in [0.4, 0.5) is 18.9 Å². The Hall–Kier alpha value is -2.90. The SMILES string of the molecule is FC(F)(F)c1cccc(C2Nc3ccccc3-c3nnnn32)c1. The Morgan fingerprint density at radius 1 is 1.04 bits per heavy atom. The summed E-state index contributed by atoms with van der Waals surface area (Å²) in [5.74, 6) is 0.516. The predicted molar refractivity (Wildman–Crippen MR) is 76.5 cm³/mol. The highest BCUT2D eigenvalue weighted by molar-refractivity contribution is 5.76. The van der Waals surface area contributed by atoms with E-state index in [1.165, 1.54) is 10.7 Å². The molecule has 1 aliphatic heterocycles. The van der Waals surface area contributed by atoms with Crippen LogP contribution in [0.2, 0.25) is 0 Å². The van der Waals surface area contributed by atoms with Crippen LogP contribution in [-0.4, -0.2) is 20.2 Å². The van der Waals surface area contributed by atoms with E-state index in [0.717, 1.165) is 23.4 Å². The topological polar surface area (TPSA) is 55.6 Å². The van der Waals surface area contributed by atoms with Crippen molar-refractivity contribution in [2.24, 2.45) is 0 Å². The van der Waals surface area contributed by atoms with Crippen LogP contribution >= 0.6 is 0 Å². The summed E-state index contributed by atoms with van der Waals surface area (Å²) in [5, 5.41) is 14.7. The Balaban J connectivity index is 1.83. The van der Waals surface area contributed by atoms with Crippen LogP contribution in [0.5, 0.6) is 0 Å². The number of hydrogen-bond donors (Lipinski definition) is 1. The quantitative estimate of drug-likeness (QED) is 0.748. The molecule has 0 amide bonds. The van der Waals surface area contributed by atoms with E-state index in [1.807, 2.05) is 24.3 Å². The minimum absolute atomic E-state index is 0.433. The Kier molecular flexibility index (Phi) is 2.87. The van der Waals surface area contributed by atoms with Crippen LogP contribution in [-0.2, 0) is 6.18 Å². The van der Waals surface area contributed by atoms with Gasteiger partial charge in [-0.05, 0) is 40.3 Å². The molecule has 5 nitrogen and oxygen atoms in total. The standard InChI is InChI=1S/C15H10F3N5/c16-15(17,18)10-5-3-4-9(8-10)13-19-12-7-2-1-6-11(12)14-20-21-22-23(13)14/h1-8,13,19H.